The number of nitrogens with zero attached hydrogens (tertiary/aromatic N) is 1. The van der Waals surface area contributed by atoms with Gasteiger partial charge in [-0.1, -0.05) is 6.07 Å². The molecule has 1 aromatic rings. The highest BCUT2D eigenvalue weighted by Gasteiger charge is 2.42. The molecule has 0 heterocycles. The van der Waals surface area contributed by atoms with Crippen LogP contribution >= 0.6 is 0 Å². The van der Waals surface area contributed by atoms with Crippen LogP contribution in [0.15, 0.2) is 18.2 Å². The Morgan fingerprint density at radius 1 is 1.30 bits per heavy atom. The van der Waals surface area contributed by atoms with Gasteiger partial charge in [-0.25, -0.2) is 0 Å². The largest absolute Gasteiger partial charge is 0.349 e. The zero-order chi connectivity index (χ0) is 14.3. The Bertz CT molecular complexity index is 550. The van der Waals surface area contributed by atoms with Crippen LogP contribution in [0.5, 0.6) is 0 Å². The normalized spacial score (nSPS) is 18.1. The first-order valence-corrected chi connectivity index (χ1v) is 7.12. The number of aryl methyl sites for hydroxylation is 1. The Hall–Kier alpha value is -1.91. The van der Waals surface area contributed by atoms with Crippen LogP contribution < -0.4 is 5.32 Å². The number of amides is 1. The summed E-state index contributed by atoms with van der Waals surface area (Å²) in [6, 6.07) is 4.88. The summed E-state index contributed by atoms with van der Waals surface area (Å²) in [5.41, 5.74) is 0.926. The van der Waals surface area contributed by atoms with Crippen molar-refractivity contribution in [3.05, 3.63) is 39.4 Å². The van der Waals surface area contributed by atoms with Gasteiger partial charge in [0.05, 0.1) is 4.92 Å². The quantitative estimate of drug-likeness (QED) is 0.663. The topological polar surface area (TPSA) is 72.2 Å². The van der Waals surface area contributed by atoms with Crippen LogP contribution in [-0.2, 0) is 0 Å². The van der Waals surface area contributed by atoms with E-state index < -0.39 is 4.92 Å². The Morgan fingerprint density at radius 2 is 1.90 bits per heavy atom. The van der Waals surface area contributed by atoms with Crippen molar-refractivity contribution in [3.8, 4) is 0 Å². The van der Waals surface area contributed by atoms with Crippen LogP contribution in [0.4, 0.5) is 5.69 Å². The first-order chi connectivity index (χ1) is 9.56. The average molecular weight is 274 g/mol. The lowest BCUT2D eigenvalue weighted by atomic mass is 10.0. The predicted molar refractivity (Wildman–Crippen MR) is 74.5 cm³/mol. The van der Waals surface area contributed by atoms with Crippen LogP contribution in [0.25, 0.3) is 0 Å². The van der Waals surface area contributed by atoms with E-state index >= 15 is 0 Å². The molecule has 2 saturated carbocycles. The molecule has 2 aliphatic rings. The third-order valence-electron chi connectivity index (χ3n) is 4.15. The number of benzene rings is 1. The lowest BCUT2D eigenvalue weighted by molar-refractivity contribution is -0.385. The minimum absolute atomic E-state index is 0.113. The molecule has 1 aromatic carbocycles. The Kier molecular flexibility index (Phi) is 3.20. The second-order valence-electron chi connectivity index (χ2n) is 5.95. The Morgan fingerprint density at radius 3 is 2.40 bits per heavy atom. The van der Waals surface area contributed by atoms with Gasteiger partial charge in [-0.05, 0) is 56.1 Å². The molecule has 0 aliphatic heterocycles. The zero-order valence-corrected chi connectivity index (χ0v) is 11.5. The SMILES string of the molecule is Cc1ccc([N+](=O)[O-])c(C(=O)NC(C2CC2)C2CC2)c1. The monoisotopic (exact) mass is 274 g/mol. The van der Waals surface area contributed by atoms with Gasteiger partial charge in [-0.3, -0.25) is 14.9 Å². The number of nitro benzene ring substituents is 1. The van der Waals surface area contributed by atoms with Gasteiger partial charge in [0.2, 0.25) is 0 Å². The number of carbonyl (C=O) groups excluding carboxylic acids is 1. The van der Waals surface area contributed by atoms with Gasteiger partial charge in [0, 0.05) is 12.1 Å². The van der Waals surface area contributed by atoms with Crippen LogP contribution in [-0.4, -0.2) is 16.9 Å². The smallest absolute Gasteiger partial charge is 0.282 e. The van der Waals surface area contributed by atoms with Gasteiger partial charge in [0.1, 0.15) is 5.56 Å². The van der Waals surface area contributed by atoms with Crippen LogP contribution in [0, 0.1) is 28.9 Å². The van der Waals surface area contributed by atoms with Crippen LogP contribution in [0.1, 0.15) is 41.6 Å². The van der Waals surface area contributed by atoms with Gasteiger partial charge in [-0.2, -0.15) is 0 Å². The fourth-order valence-electron chi connectivity index (χ4n) is 2.75. The molecule has 0 saturated heterocycles. The van der Waals surface area contributed by atoms with E-state index in [9.17, 15) is 14.9 Å². The minimum Gasteiger partial charge on any atom is -0.349 e. The van der Waals surface area contributed by atoms with E-state index in [2.05, 4.69) is 5.32 Å². The molecule has 20 heavy (non-hydrogen) atoms. The van der Waals surface area contributed by atoms with Crippen molar-refractivity contribution < 1.29 is 9.72 Å². The van der Waals surface area contributed by atoms with Crippen molar-refractivity contribution in [3.63, 3.8) is 0 Å². The summed E-state index contributed by atoms with van der Waals surface area (Å²) >= 11 is 0. The first kappa shape index (κ1) is 13.1. The highest BCUT2D eigenvalue weighted by atomic mass is 16.6. The van der Waals surface area contributed by atoms with Crippen molar-refractivity contribution >= 4 is 11.6 Å². The molecular weight excluding hydrogens is 256 g/mol. The van der Waals surface area contributed by atoms with E-state index in [1.165, 1.54) is 6.07 Å². The van der Waals surface area contributed by atoms with E-state index in [0.717, 1.165) is 31.2 Å². The molecule has 0 bridgehead atoms. The second-order valence-corrected chi connectivity index (χ2v) is 5.95. The summed E-state index contributed by atoms with van der Waals surface area (Å²) in [4.78, 5) is 22.9. The molecule has 0 spiro atoms. The van der Waals surface area contributed by atoms with Crippen molar-refractivity contribution in [2.45, 2.75) is 38.6 Å². The molecule has 3 rings (SSSR count). The summed E-state index contributed by atoms with van der Waals surface area (Å²) in [5, 5.41) is 14.1. The maximum atomic E-state index is 12.4. The second kappa shape index (κ2) is 4.89. The van der Waals surface area contributed by atoms with Crippen molar-refractivity contribution in [2.24, 2.45) is 11.8 Å². The molecule has 0 radical (unpaired) electrons. The summed E-state index contributed by atoms with van der Waals surface area (Å²) in [5.74, 6) is 0.856. The summed E-state index contributed by atoms with van der Waals surface area (Å²) in [7, 11) is 0. The molecule has 2 fully saturated rings. The lowest BCUT2D eigenvalue weighted by Crippen LogP contribution is -2.38. The molecular formula is C15H18N2O3. The first-order valence-electron chi connectivity index (χ1n) is 7.12. The zero-order valence-electron chi connectivity index (χ0n) is 11.5. The van der Waals surface area contributed by atoms with E-state index in [4.69, 9.17) is 0 Å². The summed E-state index contributed by atoms with van der Waals surface area (Å²) in [6.45, 7) is 1.83. The van der Waals surface area contributed by atoms with Gasteiger partial charge in [0.25, 0.3) is 11.6 Å². The number of carbonyl (C=O) groups is 1. The highest BCUT2D eigenvalue weighted by molar-refractivity contribution is 5.98. The number of hydrogen-bond acceptors (Lipinski definition) is 3. The van der Waals surface area contributed by atoms with Crippen molar-refractivity contribution in [2.75, 3.05) is 0 Å². The average Bonchev–Trinajstić information content (AvgIpc) is 3.28. The third kappa shape index (κ3) is 2.66. The summed E-state index contributed by atoms with van der Waals surface area (Å²) < 4.78 is 0. The number of nitro groups is 1. The van der Waals surface area contributed by atoms with Crippen LogP contribution in [0.2, 0.25) is 0 Å². The van der Waals surface area contributed by atoms with Gasteiger partial charge in [-0.15, -0.1) is 0 Å². The molecule has 0 unspecified atom stereocenters. The molecule has 0 atom stereocenters. The molecule has 5 nitrogen and oxygen atoms in total. The Balaban J connectivity index is 1.82. The fourth-order valence-corrected chi connectivity index (χ4v) is 2.75. The van der Waals surface area contributed by atoms with Crippen molar-refractivity contribution in [1.82, 2.24) is 5.32 Å². The fraction of sp³-hybridized carbons (Fsp3) is 0.533. The minimum atomic E-state index is -0.488. The van der Waals surface area contributed by atoms with Crippen molar-refractivity contribution in [1.29, 1.82) is 0 Å². The number of hydrogen-bond donors (Lipinski definition) is 1. The Labute approximate surface area is 117 Å². The van der Waals surface area contributed by atoms with E-state index in [1.807, 2.05) is 6.92 Å². The third-order valence-corrected chi connectivity index (χ3v) is 4.15. The molecule has 2 aliphatic carbocycles. The maximum Gasteiger partial charge on any atom is 0.282 e. The molecule has 1 N–H and O–H groups in total. The molecule has 106 valence electrons. The van der Waals surface area contributed by atoms with Crippen LogP contribution in [0.3, 0.4) is 0 Å². The maximum absolute atomic E-state index is 12.4. The van der Waals surface area contributed by atoms with E-state index in [0.29, 0.717) is 11.8 Å². The highest BCUT2D eigenvalue weighted by Crippen LogP contribution is 2.44. The van der Waals surface area contributed by atoms with Gasteiger partial charge < -0.3 is 5.32 Å². The predicted octanol–water partition coefficient (Wildman–Crippen LogP) is 2.82. The lowest BCUT2D eigenvalue weighted by Gasteiger charge is -2.17. The molecule has 5 heteroatoms. The number of nitrogens with one attached hydrogen (secondary N) is 1. The number of rotatable bonds is 5. The van der Waals surface area contributed by atoms with E-state index in [1.54, 1.807) is 12.1 Å². The van der Waals surface area contributed by atoms with E-state index in [-0.39, 0.29) is 23.2 Å². The summed E-state index contributed by atoms with van der Waals surface area (Å²) in [6.07, 6.45) is 4.66. The van der Waals surface area contributed by atoms with Gasteiger partial charge >= 0.3 is 0 Å². The standard InChI is InChI=1S/C15H18N2O3/c1-9-2-7-13(17(19)20)12(8-9)15(18)16-14(10-3-4-10)11-5-6-11/h2,7-8,10-11,14H,3-6H2,1H3,(H,16,18). The molecule has 1 amide bonds. The molecule has 0 aromatic heterocycles. The van der Waals surface area contributed by atoms with Gasteiger partial charge in [0.15, 0.2) is 0 Å².